The number of hydrogen-bond acceptors (Lipinski definition) is 4. The molecule has 0 fully saturated rings. The van der Waals surface area contributed by atoms with Crippen LogP contribution in [0.3, 0.4) is 0 Å². The Bertz CT molecular complexity index is 798. The molecule has 2 amide bonds. The average Bonchev–Trinajstić information content (AvgIpc) is 2.65. The molecule has 142 valence electrons. The van der Waals surface area contributed by atoms with Crippen LogP contribution in [0.4, 0.5) is 5.69 Å². The standard InChI is InChI=1S/C20H22N2O5/c1-22(2)20(26)15-7-5-14(6-8-15)19(25)21-16-9-11-17(12-10-16)27-13-3-4-18(23)24/h5-12H,3-4,13H2,1-2H3,(H,21,25)(H,23,24). The Hall–Kier alpha value is -3.35. The second-order valence-corrected chi connectivity index (χ2v) is 6.10. The van der Waals surface area contributed by atoms with Crippen molar-refractivity contribution in [2.75, 3.05) is 26.0 Å². The molecule has 2 aromatic carbocycles. The maximum atomic E-state index is 12.3. The maximum absolute atomic E-state index is 12.3. The third-order valence-electron chi connectivity index (χ3n) is 3.72. The van der Waals surface area contributed by atoms with Crippen molar-refractivity contribution in [3.8, 4) is 5.75 Å². The van der Waals surface area contributed by atoms with E-state index in [1.807, 2.05) is 0 Å². The molecule has 2 rings (SSSR count). The molecule has 0 radical (unpaired) electrons. The van der Waals surface area contributed by atoms with Gasteiger partial charge in [-0.2, -0.15) is 0 Å². The van der Waals surface area contributed by atoms with E-state index in [2.05, 4.69) is 5.32 Å². The predicted molar refractivity (Wildman–Crippen MR) is 101 cm³/mol. The topological polar surface area (TPSA) is 95.9 Å². The Morgan fingerprint density at radius 3 is 2.11 bits per heavy atom. The molecule has 0 aliphatic carbocycles. The van der Waals surface area contributed by atoms with Crippen molar-refractivity contribution in [3.05, 3.63) is 59.7 Å². The van der Waals surface area contributed by atoms with Gasteiger partial charge in [-0.1, -0.05) is 0 Å². The number of nitrogens with one attached hydrogen (secondary N) is 1. The lowest BCUT2D eigenvalue weighted by Crippen LogP contribution is -2.21. The molecule has 27 heavy (non-hydrogen) atoms. The zero-order chi connectivity index (χ0) is 19.8. The van der Waals surface area contributed by atoms with E-state index in [1.54, 1.807) is 62.6 Å². The molecular weight excluding hydrogens is 348 g/mol. The number of carboxylic acids is 1. The molecule has 0 saturated heterocycles. The quantitative estimate of drug-likeness (QED) is 0.697. The maximum Gasteiger partial charge on any atom is 0.303 e. The SMILES string of the molecule is CN(C)C(=O)c1ccc(C(=O)Nc2ccc(OCCCC(=O)O)cc2)cc1. The molecule has 0 heterocycles. The van der Waals surface area contributed by atoms with Gasteiger partial charge in [-0.15, -0.1) is 0 Å². The van der Waals surface area contributed by atoms with Crippen LogP contribution in [-0.4, -0.2) is 48.5 Å². The van der Waals surface area contributed by atoms with Crippen LogP contribution in [0.2, 0.25) is 0 Å². The predicted octanol–water partition coefficient (Wildman–Crippen LogP) is 2.88. The fourth-order valence-electron chi connectivity index (χ4n) is 2.27. The van der Waals surface area contributed by atoms with Crippen LogP contribution in [-0.2, 0) is 4.79 Å². The Morgan fingerprint density at radius 1 is 0.963 bits per heavy atom. The third-order valence-corrected chi connectivity index (χ3v) is 3.72. The number of carboxylic acid groups (broad SMARTS) is 1. The number of nitrogens with zero attached hydrogens (tertiary/aromatic N) is 1. The highest BCUT2D eigenvalue weighted by molar-refractivity contribution is 6.05. The summed E-state index contributed by atoms with van der Waals surface area (Å²) in [4.78, 5) is 36.1. The molecule has 2 aromatic rings. The Kier molecular flexibility index (Phi) is 6.93. The van der Waals surface area contributed by atoms with Crippen LogP contribution in [0.5, 0.6) is 5.75 Å². The number of aliphatic carboxylic acids is 1. The largest absolute Gasteiger partial charge is 0.494 e. The summed E-state index contributed by atoms with van der Waals surface area (Å²) in [6.45, 7) is 0.315. The molecule has 0 bridgehead atoms. The molecule has 0 aliphatic heterocycles. The first-order valence-electron chi connectivity index (χ1n) is 8.44. The number of rotatable bonds is 8. The van der Waals surface area contributed by atoms with Crippen molar-refractivity contribution >= 4 is 23.5 Å². The van der Waals surface area contributed by atoms with Crippen molar-refractivity contribution in [2.24, 2.45) is 0 Å². The third kappa shape index (κ3) is 6.14. The monoisotopic (exact) mass is 370 g/mol. The Balaban J connectivity index is 1.90. The van der Waals surface area contributed by atoms with Gasteiger partial charge in [-0.3, -0.25) is 14.4 Å². The van der Waals surface area contributed by atoms with Crippen LogP contribution in [0.25, 0.3) is 0 Å². The number of carbonyl (C=O) groups is 3. The minimum absolute atomic E-state index is 0.0626. The van der Waals surface area contributed by atoms with Gasteiger partial charge in [0.25, 0.3) is 11.8 Å². The molecule has 2 N–H and O–H groups in total. The van der Waals surface area contributed by atoms with Crippen LogP contribution in [0, 0.1) is 0 Å². The average molecular weight is 370 g/mol. The summed E-state index contributed by atoms with van der Waals surface area (Å²) in [5, 5.41) is 11.3. The highest BCUT2D eigenvalue weighted by Gasteiger charge is 2.10. The van der Waals surface area contributed by atoms with Crippen LogP contribution in [0.15, 0.2) is 48.5 Å². The number of hydrogen-bond donors (Lipinski definition) is 2. The van der Waals surface area contributed by atoms with E-state index in [1.165, 1.54) is 4.90 Å². The van der Waals surface area contributed by atoms with Crippen molar-refractivity contribution < 1.29 is 24.2 Å². The van der Waals surface area contributed by atoms with Gasteiger partial charge in [0.05, 0.1) is 6.61 Å². The van der Waals surface area contributed by atoms with Gasteiger partial charge >= 0.3 is 5.97 Å². The van der Waals surface area contributed by atoms with Gasteiger partial charge in [-0.05, 0) is 55.0 Å². The zero-order valence-electron chi connectivity index (χ0n) is 15.3. The van der Waals surface area contributed by atoms with Crippen molar-refractivity contribution in [1.82, 2.24) is 4.90 Å². The fourth-order valence-corrected chi connectivity index (χ4v) is 2.27. The summed E-state index contributed by atoms with van der Waals surface area (Å²) < 4.78 is 5.44. The van der Waals surface area contributed by atoms with Crippen molar-refractivity contribution in [3.63, 3.8) is 0 Å². The summed E-state index contributed by atoms with van der Waals surface area (Å²) >= 11 is 0. The Morgan fingerprint density at radius 2 is 1.56 bits per heavy atom. The minimum Gasteiger partial charge on any atom is -0.494 e. The lowest BCUT2D eigenvalue weighted by Gasteiger charge is -2.11. The number of amides is 2. The summed E-state index contributed by atoms with van der Waals surface area (Å²) in [7, 11) is 3.34. The molecular formula is C20H22N2O5. The van der Waals surface area contributed by atoms with E-state index in [-0.39, 0.29) is 18.2 Å². The lowest BCUT2D eigenvalue weighted by atomic mass is 10.1. The number of ether oxygens (including phenoxy) is 1. The van der Waals surface area contributed by atoms with E-state index in [0.29, 0.717) is 35.6 Å². The van der Waals surface area contributed by atoms with Crippen LogP contribution >= 0.6 is 0 Å². The first-order valence-corrected chi connectivity index (χ1v) is 8.44. The molecule has 0 saturated carbocycles. The van der Waals surface area contributed by atoms with E-state index in [4.69, 9.17) is 9.84 Å². The first-order chi connectivity index (χ1) is 12.9. The van der Waals surface area contributed by atoms with Crippen LogP contribution in [0.1, 0.15) is 33.6 Å². The lowest BCUT2D eigenvalue weighted by molar-refractivity contribution is -0.137. The molecule has 0 aliphatic rings. The zero-order valence-corrected chi connectivity index (χ0v) is 15.3. The number of carbonyl (C=O) groups excluding carboxylic acids is 2. The molecule has 7 heteroatoms. The summed E-state index contributed by atoms with van der Waals surface area (Å²) in [5.74, 6) is -0.657. The van der Waals surface area contributed by atoms with Gasteiger partial charge < -0.3 is 20.1 Å². The normalized spacial score (nSPS) is 10.1. The highest BCUT2D eigenvalue weighted by Crippen LogP contribution is 2.17. The smallest absolute Gasteiger partial charge is 0.303 e. The molecule has 0 unspecified atom stereocenters. The van der Waals surface area contributed by atoms with E-state index < -0.39 is 5.97 Å². The van der Waals surface area contributed by atoms with Crippen LogP contribution < -0.4 is 10.1 Å². The van der Waals surface area contributed by atoms with Crippen molar-refractivity contribution in [2.45, 2.75) is 12.8 Å². The summed E-state index contributed by atoms with van der Waals surface area (Å²) in [5.41, 5.74) is 1.56. The van der Waals surface area contributed by atoms with Gasteiger partial charge in [0, 0.05) is 37.3 Å². The van der Waals surface area contributed by atoms with Gasteiger partial charge in [-0.25, -0.2) is 0 Å². The van der Waals surface area contributed by atoms with E-state index >= 15 is 0 Å². The second-order valence-electron chi connectivity index (χ2n) is 6.10. The second kappa shape index (κ2) is 9.38. The van der Waals surface area contributed by atoms with Gasteiger partial charge in [0.15, 0.2) is 0 Å². The van der Waals surface area contributed by atoms with E-state index in [9.17, 15) is 14.4 Å². The summed E-state index contributed by atoms with van der Waals surface area (Å²) in [6, 6.07) is 13.3. The fraction of sp³-hybridized carbons (Fsp3) is 0.250. The van der Waals surface area contributed by atoms with Gasteiger partial charge in [0.2, 0.25) is 0 Å². The molecule has 0 aromatic heterocycles. The molecule has 0 spiro atoms. The van der Waals surface area contributed by atoms with Crippen molar-refractivity contribution in [1.29, 1.82) is 0 Å². The van der Waals surface area contributed by atoms with E-state index in [0.717, 1.165) is 0 Å². The highest BCUT2D eigenvalue weighted by atomic mass is 16.5. The Labute approximate surface area is 157 Å². The number of anilines is 1. The first kappa shape index (κ1) is 20.0. The number of benzene rings is 2. The molecule has 7 nitrogen and oxygen atoms in total. The minimum atomic E-state index is -0.851. The molecule has 0 atom stereocenters. The summed E-state index contributed by atoms with van der Waals surface area (Å²) in [6.07, 6.45) is 0.493. The van der Waals surface area contributed by atoms with Gasteiger partial charge in [0.1, 0.15) is 5.75 Å².